The zero-order valence-electron chi connectivity index (χ0n) is 10.9. The van der Waals surface area contributed by atoms with Crippen LogP contribution in [0.1, 0.15) is 30.0 Å². The Bertz CT molecular complexity index is 349. The lowest BCUT2D eigenvalue weighted by atomic mass is 10.2. The zero-order chi connectivity index (χ0) is 12.7. The minimum Gasteiger partial charge on any atom is -0.352 e. The molecule has 2 N–H and O–H groups in total. The van der Waals surface area contributed by atoms with Gasteiger partial charge in [0.2, 0.25) is 5.91 Å². The van der Waals surface area contributed by atoms with Crippen LogP contribution < -0.4 is 10.6 Å². The number of aryl methyl sites for hydroxylation is 1. The van der Waals surface area contributed by atoms with Gasteiger partial charge in [-0.15, -0.1) is 11.3 Å². The Morgan fingerprint density at radius 1 is 1.47 bits per heavy atom. The summed E-state index contributed by atoms with van der Waals surface area (Å²) < 4.78 is 0. The van der Waals surface area contributed by atoms with Gasteiger partial charge in [-0.25, -0.2) is 0 Å². The predicted octanol–water partition coefficient (Wildman–Crippen LogP) is 2.10. The molecule has 1 atom stereocenters. The average molecular weight is 254 g/mol. The van der Waals surface area contributed by atoms with Crippen LogP contribution in [0.5, 0.6) is 0 Å². The molecule has 3 nitrogen and oxygen atoms in total. The van der Waals surface area contributed by atoms with E-state index in [-0.39, 0.29) is 11.9 Å². The van der Waals surface area contributed by atoms with E-state index in [2.05, 4.69) is 36.6 Å². The molecule has 0 radical (unpaired) electrons. The summed E-state index contributed by atoms with van der Waals surface area (Å²) in [6.45, 7) is 7.55. The topological polar surface area (TPSA) is 41.1 Å². The van der Waals surface area contributed by atoms with Gasteiger partial charge in [0, 0.05) is 22.2 Å². The van der Waals surface area contributed by atoms with Gasteiger partial charge in [-0.1, -0.05) is 6.92 Å². The van der Waals surface area contributed by atoms with Crippen LogP contribution in [-0.2, 0) is 11.2 Å². The fraction of sp³-hybridized carbons (Fsp3) is 0.615. The molecule has 96 valence electrons. The van der Waals surface area contributed by atoms with Gasteiger partial charge < -0.3 is 10.6 Å². The number of hydrogen-bond donors (Lipinski definition) is 2. The molecule has 4 heteroatoms. The summed E-state index contributed by atoms with van der Waals surface area (Å²) in [4.78, 5) is 14.2. The smallest absolute Gasteiger partial charge is 0.234 e. The Balaban J connectivity index is 2.24. The number of amides is 1. The molecule has 17 heavy (non-hydrogen) atoms. The SMILES string of the molecule is CCCNCC(=O)NC(C)Cc1ccc(C)s1. The molecule has 0 aliphatic rings. The Morgan fingerprint density at radius 3 is 2.82 bits per heavy atom. The molecule has 1 unspecified atom stereocenters. The predicted molar refractivity (Wildman–Crippen MR) is 73.5 cm³/mol. The molecule has 1 heterocycles. The van der Waals surface area contributed by atoms with Crippen molar-refractivity contribution in [2.75, 3.05) is 13.1 Å². The summed E-state index contributed by atoms with van der Waals surface area (Å²) in [5.74, 6) is 0.0826. The molecule has 0 saturated heterocycles. The highest BCUT2D eigenvalue weighted by Crippen LogP contribution is 2.16. The largest absolute Gasteiger partial charge is 0.352 e. The molecule has 1 aromatic heterocycles. The lowest BCUT2D eigenvalue weighted by molar-refractivity contribution is -0.120. The number of thiophene rings is 1. The lowest BCUT2D eigenvalue weighted by Crippen LogP contribution is -2.40. The van der Waals surface area contributed by atoms with E-state index in [0.717, 1.165) is 19.4 Å². The van der Waals surface area contributed by atoms with Gasteiger partial charge in [0.25, 0.3) is 0 Å². The monoisotopic (exact) mass is 254 g/mol. The minimum absolute atomic E-state index is 0.0826. The van der Waals surface area contributed by atoms with Crippen LogP contribution in [0.3, 0.4) is 0 Å². The highest BCUT2D eigenvalue weighted by Gasteiger charge is 2.08. The van der Waals surface area contributed by atoms with Crippen molar-refractivity contribution in [3.63, 3.8) is 0 Å². The maximum atomic E-state index is 11.6. The second kappa shape index (κ2) is 7.45. The maximum absolute atomic E-state index is 11.6. The van der Waals surface area contributed by atoms with Crippen molar-refractivity contribution < 1.29 is 4.79 Å². The highest BCUT2D eigenvalue weighted by molar-refractivity contribution is 7.11. The van der Waals surface area contributed by atoms with Gasteiger partial charge in [0.1, 0.15) is 0 Å². The Hall–Kier alpha value is -0.870. The van der Waals surface area contributed by atoms with Crippen molar-refractivity contribution in [3.05, 3.63) is 21.9 Å². The number of nitrogens with one attached hydrogen (secondary N) is 2. The first-order chi connectivity index (χ1) is 8.11. The van der Waals surface area contributed by atoms with Crippen molar-refractivity contribution in [1.82, 2.24) is 10.6 Å². The van der Waals surface area contributed by atoms with E-state index in [0.29, 0.717) is 6.54 Å². The van der Waals surface area contributed by atoms with Crippen LogP contribution >= 0.6 is 11.3 Å². The zero-order valence-corrected chi connectivity index (χ0v) is 11.7. The van der Waals surface area contributed by atoms with Crippen LogP contribution in [0, 0.1) is 6.92 Å². The van der Waals surface area contributed by atoms with E-state index in [1.165, 1.54) is 9.75 Å². The summed E-state index contributed by atoms with van der Waals surface area (Å²) in [5, 5.41) is 6.10. The summed E-state index contributed by atoms with van der Waals surface area (Å²) in [7, 11) is 0. The average Bonchev–Trinajstić information content (AvgIpc) is 2.64. The van der Waals surface area contributed by atoms with Gasteiger partial charge >= 0.3 is 0 Å². The van der Waals surface area contributed by atoms with E-state index in [1.54, 1.807) is 11.3 Å². The summed E-state index contributed by atoms with van der Waals surface area (Å²) in [6, 6.07) is 4.46. The van der Waals surface area contributed by atoms with Crippen LogP contribution in [0.15, 0.2) is 12.1 Å². The van der Waals surface area contributed by atoms with Crippen molar-refractivity contribution >= 4 is 17.2 Å². The van der Waals surface area contributed by atoms with Gasteiger partial charge in [-0.05, 0) is 38.9 Å². The van der Waals surface area contributed by atoms with Crippen molar-refractivity contribution in [2.24, 2.45) is 0 Å². The van der Waals surface area contributed by atoms with Crippen LogP contribution in [0.4, 0.5) is 0 Å². The highest BCUT2D eigenvalue weighted by atomic mass is 32.1. The Kier molecular flexibility index (Phi) is 6.22. The maximum Gasteiger partial charge on any atom is 0.234 e. The molecule has 1 aromatic rings. The van der Waals surface area contributed by atoms with Crippen LogP contribution in [0.2, 0.25) is 0 Å². The van der Waals surface area contributed by atoms with E-state index in [4.69, 9.17) is 0 Å². The Labute approximate surface area is 108 Å². The molecule has 0 aliphatic heterocycles. The van der Waals surface area contributed by atoms with Gasteiger partial charge in [-0.2, -0.15) is 0 Å². The molecule has 0 fully saturated rings. The van der Waals surface area contributed by atoms with Crippen molar-refractivity contribution in [1.29, 1.82) is 0 Å². The molecular weight excluding hydrogens is 232 g/mol. The second-order valence-electron chi connectivity index (χ2n) is 4.36. The second-order valence-corrected chi connectivity index (χ2v) is 5.73. The van der Waals surface area contributed by atoms with Crippen molar-refractivity contribution in [2.45, 2.75) is 39.7 Å². The van der Waals surface area contributed by atoms with E-state index >= 15 is 0 Å². The van der Waals surface area contributed by atoms with Gasteiger partial charge in [-0.3, -0.25) is 4.79 Å². The molecule has 0 aromatic carbocycles. The molecule has 0 spiro atoms. The van der Waals surface area contributed by atoms with Crippen LogP contribution in [0.25, 0.3) is 0 Å². The first-order valence-corrected chi connectivity index (χ1v) is 6.99. The molecule has 0 saturated carbocycles. The summed E-state index contributed by atoms with van der Waals surface area (Å²) in [6.07, 6.45) is 1.97. The number of rotatable bonds is 7. The fourth-order valence-electron chi connectivity index (χ4n) is 1.65. The molecule has 0 bridgehead atoms. The fourth-order valence-corrected chi connectivity index (χ4v) is 2.67. The quantitative estimate of drug-likeness (QED) is 0.732. The normalized spacial score (nSPS) is 12.4. The van der Waals surface area contributed by atoms with Crippen LogP contribution in [-0.4, -0.2) is 25.0 Å². The molecule has 0 aliphatic carbocycles. The van der Waals surface area contributed by atoms with Gasteiger partial charge in [0.15, 0.2) is 0 Å². The van der Waals surface area contributed by atoms with Crippen molar-refractivity contribution in [3.8, 4) is 0 Å². The third kappa shape index (κ3) is 5.84. The molecule has 1 amide bonds. The Morgan fingerprint density at radius 2 is 2.24 bits per heavy atom. The molecular formula is C13H22N2OS. The number of carbonyl (C=O) groups is 1. The van der Waals surface area contributed by atoms with E-state index in [9.17, 15) is 4.79 Å². The van der Waals surface area contributed by atoms with E-state index < -0.39 is 0 Å². The minimum atomic E-state index is 0.0826. The molecule has 1 rings (SSSR count). The summed E-state index contributed by atoms with van der Waals surface area (Å²) >= 11 is 1.80. The van der Waals surface area contributed by atoms with Gasteiger partial charge in [0.05, 0.1) is 6.54 Å². The number of hydrogen-bond acceptors (Lipinski definition) is 3. The third-order valence-corrected chi connectivity index (χ3v) is 3.45. The van der Waals surface area contributed by atoms with E-state index in [1.807, 2.05) is 6.92 Å². The summed E-state index contributed by atoms with van der Waals surface area (Å²) in [5.41, 5.74) is 0. The first-order valence-electron chi connectivity index (χ1n) is 6.17. The first kappa shape index (κ1) is 14.2. The third-order valence-electron chi connectivity index (χ3n) is 2.42. The lowest BCUT2D eigenvalue weighted by Gasteiger charge is -2.13. The number of carbonyl (C=O) groups excluding carboxylic acids is 1. The standard InChI is InChI=1S/C13H22N2OS/c1-4-7-14-9-13(16)15-10(2)8-12-6-5-11(3)17-12/h5-6,10,14H,4,7-9H2,1-3H3,(H,15,16).